The van der Waals surface area contributed by atoms with E-state index in [1.54, 1.807) is 53.7 Å². The first-order chi connectivity index (χ1) is 31.7. The number of aliphatic hydroxyl groups excluding tert-OH is 1. The molecule has 1 unspecified atom stereocenters. The summed E-state index contributed by atoms with van der Waals surface area (Å²) in [6.45, 7) is 17.3. The molecule has 4 rings (SSSR count). The fourth-order valence-electron chi connectivity index (χ4n) is 9.45. The van der Waals surface area contributed by atoms with Gasteiger partial charge in [0.1, 0.15) is 36.3 Å². The minimum absolute atomic E-state index is 0.0585. The van der Waals surface area contributed by atoms with Crippen LogP contribution < -0.4 is 16.1 Å². The number of cyclic esters (lactones) is 1. The van der Waals surface area contributed by atoms with Crippen molar-refractivity contribution in [3.8, 4) is 0 Å². The number of carbonyl (C=O) groups excluding carboxylic acids is 8. The van der Waals surface area contributed by atoms with Gasteiger partial charge in [0.05, 0.1) is 12.2 Å². The van der Waals surface area contributed by atoms with Crippen LogP contribution in [0.5, 0.6) is 0 Å². The van der Waals surface area contributed by atoms with E-state index in [0.717, 1.165) is 9.91 Å². The minimum Gasteiger partial charge on any atom is -0.458 e. The number of hydrogen-bond acceptors (Lipinski definition) is 15. The van der Waals surface area contributed by atoms with Crippen molar-refractivity contribution >= 4 is 47.2 Å². The number of carbonyl (C=O) groups is 8. The maximum absolute atomic E-state index is 15.1. The highest BCUT2D eigenvalue weighted by Gasteiger charge is 2.59. The number of hydrogen-bond donors (Lipinski definition) is 7. The van der Waals surface area contributed by atoms with E-state index >= 15 is 4.79 Å². The van der Waals surface area contributed by atoms with E-state index in [0.29, 0.717) is 24.0 Å². The number of aliphatic hydroxyl groups is 3. The molecular weight excluding hydrogens is 887 g/mol. The van der Waals surface area contributed by atoms with Crippen molar-refractivity contribution in [2.45, 2.75) is 187 Å². The van der Waals surface area contributed by atoms with Gasteiger partial charge in [-0.1, -0.05) is 46.8 Å². The molecule has 0 aromatic carbocycles. The Hall–Kier alpha value is -4.80. The highest BCUT2D eigenvalue weighted by Crippen LogP contribution is 2.42. The fraction of sp³-hybridized carbons (Fsp3) is 0.745. The zero-order valence-electron chi connectivity index (χ0n) is 41.6. The average molecular weight is 962 g/mol. The van der Waals surface area contributed by atoms with Crippen LogP contribution >= 0.6 is 0 Å². The lowest BCUT2D eigenvalue weighted by Crippen LogP contribution is -2.71. The molecule has 4 heterocycles. The van der Waals surface area contributed by atoms with Crippen LogP contribution in [0.2, 0.25) is 0 Å². The highest BCUT2D eigenvalue weighted by molar-refractivity contribution is 5.98. The molecule has 0 saturated carbocycles. The summed E-state index contributed by atoms with van der Waals surface area (Å²) >= 11 is 0. The summed E-state index contributed by atoms with van der Waals surface area (Å²) in [6.07, 6.45) is -0.429. The maximum atomic E-state index is 15.1. The molecule has 68 heavy (non-hydrogen) atoms. The third-order valence-corrected chi connectivity index (χ3v) is 14.2. The molecule has 6 amide bonds. The molecule has 0 aromatic heterocycles. The smallest absolute Gasteiger partial charge is 0.331 e. The lowest BCUT2D eigenvalue weighted by molar-refractivity contribution is -0.325. The first kappa shape index (κ1) is 55.8. The molecule has 21 heteroatoms. The standard InChI is InChI=1S/C47H75N7O14/c1-13-25(5)36(56)27(7)23-28(8)38-26(6)19-20-47(65,68-38)46(64,14-2)45(63)50-35-37(24(3)4)67-44(62)34(31(11)55)49-39(57)32-18-16-22-52(32)41(59)29(9)51(12)40(58)30(10)54(66)42(60)33-17-15-21-48-53(33)43(35)61/h13,23-24,26-27,29-35,37-38,48,55,64-66H,14-22H2,1-12H3,(H,49,57)(H,50,63)/b25-13+,28-23+/t26-,27-,29+,30-,31-,32-,33+,34?,35-,37-,38-,46+,47+/m0/s1. The zero-order chi connectivity index (χ0) is 51.3. The van der Waals surface area contributed by atoms with Crippen LogP contribution in [0.15, 0.2) is 23.3 Å². The van der Waals surface area contributed by atoms with Crippen LogP contribution in [-0.2, 0) is 47.8 Å². The van der Waals surface area contributed by atoms with Gasteiger partial charge in [-0.05, 0) is 103 Å². The second kappa shape index (κ2) is 22.7. The Morgan fingerprint density at radius 2 is 1.57 bits per heavy atom. The van der Waals surface area contributed by atoms with Gasteiger partial charge < -0.3 is 45.2 Å². The van der Waals surface area contributed by atoms with Crippen LogP contribution in [0, 0.1) is 17.8 Å². The second-order valence-electron chi connectivity index (χ2n) is 19.4. The van der Waals surface area contributed by atoms with Crippen molar-refractivity contribution in [2.24, 2.45) is 17.8 Å². The summed E-state index contributed by atoms with van der Waals surface area (Å²) in [6, 6.07) is -9.20. The monoisotopic (exact) mass is 962 g/mol. The molecule has 0 bridgehead atoms. The predicted octanol–water partition coefficient (Wildman–Crippen LogP) is 0.621. The Bertz CT molecular complexity index is 1990. The SMILES string of the molecule is C/C=C(\C)C(=O)[C@@H](C)/C=C(\C)[C@H]1O[C@@](O)([C@@](O)(CC)C(=O)N[C@@H]2C(=O)N3NCCC[C@@H]3C(=O)N(O)[C@@H](C)C(=O)N(C)[C@H](C)C(=O)N3CCC[C@H]3C(=O)NC([C@H](C)O)C(=O)O[C@H]2C(C)C)CC[C@@H]1C. The lowest BCUT2D eigenvalue weighted by Gasteiger charge is -2.49. The van der Waals surface area contributed by atoms with E-state index in [9.17, 15) is 54.1 Å². The molecule has 4 aliphatic heterocycles. The number of amides is 6. The summed E-state index contributed by atoms with van der Waals surface area (Å²) in [7, 11) is 1.30. The Morgan fingerprint density at radius 1 is 0.941 bits per heavy atom. The molecule has 0 radical (unpaired) electrons. The van der Waals surface area contributed by atoms with Crippen LogP contribution in [0.1, 0.15) is 121 Å². The Labute approximate surface area is 398 Å². The van der Waals surface area contributed by atoms with E-state index in [-0.39, 0.29) is 55.5 Å². The van der Waals surface area contributed by atoms with Crippen molar-refractivity contribution in [1.29, 1.82) is 0 Å². The van der Waals surface area contributed by atoms with Gasteiger partial charge in [-0.15, -0.1) is 0 Å². The van der Waals surface area contributed by atoms with E-state index in [4.69, 9.17) is 9.47 Å². The Morgan fingerprint density at radius 3 is 2.16 bits per heavy atom. The van der Waals surface area contributed by atoms with E-state index in [2.05, 4.69) is 16.1 Å². The number of hydroxylamine groups is 2. The van der Waals surface area contributed by atoms with E-state index in [1.807, 2.05) is 6.92 Å². The van der Waals surface area contributed by atoms with Crippen molar-refractivity contribution in [2.75, 3.05) is 20.1 Å². The number of fused-ring (bicyclic) bond motifs is 2. The van der Waals surface area contributed by atoms with Crippen LogP contribution in [-0.4, -0.2) is 174 Å². The Kier molecular flexibility index (Phi) is 18.7. The number of nitrogens with zero attached hydrogens (tertiary/aromatic N) is 4. The van der Waals surface area contributed by atoms with Gasteiger partial charge in [0.15, 0.2) is 17.4 Å². The molecule has 0 spiro atoms. The number of Topliss-reactive ketones (excluding diaryl/α,β-unsaturated/α-hetero) is 1. The average Bonchev–Trinajstić information content (AvgIpc) is 3.82. The summed E-state index contributed by atoms with van der Waals surface area (Å²) in [4.78, 5) is 115. The summed E-state index contributed by atoms with van der Waals surface area (Å²) in [5.74, 6) is -11.5. The molecule has 4 fully saturated rings. The number of ether oxygens (including phenoxy) is 2. The van der Waals surface area contributed by atoms with Crippen molar-refractivity contribution in [3.05, 3.63) is 23.3 Å². The summed E-state index contributed by atoms with van der Waals surface area (Å²) < 4.78 is 12.2. The van der Waals surface area contributed by atoms with Crippen molar-refractivity contribution < 1.29 is 68.4 Å². The van der Waals surface area contributed by atoms with Gasteiger partial charge in [0.25, 0.3) is 17.7 Å². The number of ketones is 1. The quantitative estimate of drug-likeness (QED) is 0.0684. The number of rotatable bonds is 10. The number of likely N-dealkylation sites (N-methyl/N-ethyl adjacent to an activating group) is 1. The largest absolute Gasteiger partial charge is 0.458 e. The number of nitrogens with one attached hydrogen (secondary N) is 3. The maximum Gasteiger partial charge on any atom is 0.331 e. The predicted molar refractivity (Wildman–Crippen MR) is 244 cm³/mol. The van der Waals surface area contributed by atoms with Gasteiger partial charge in [0, 0.05) is 32.5 Å². The molecule has 21 nitrogen and oxygen atoms in total. The third-order valence-electron chi connectivity index (χ3n) is 14.2. The fourth-order valence-corrected chi connectivity index (χ4v) is 9.45. The topological polar surface area (TPSA) is 285 Å². The summed E-state index contributed by atoms with van der Waals surface area (Å²) in [5.41, 5.74) is 1.15. The normalized spacial score (nSPS) is 33.1. The molecule has 4 saturated heterocycles. The number of hydrazine groups is 1. The van der Waals surface area contributed by atoms with Crippen molar-refractivity contribution in [1.82, 2.24) is 35.9 Å². The zero-order valence-corrected chi connectivity index (χ0v) is 41.6. The molecular formula is C47H75N7O14. The van der Waals surface area contributed by atoms with Crippen molar-refractivity contribution in [3.63, 3.8) is 0 Å². The van der Waals surface area contributed by atoms with Crippen LogP contribution in [0.3, 0.4) is 0 Å². The molecule has 4 aliphatic rings. The first-order valence-electron chi connectivity index (χ1n) is 23.8. The highest BCUT2D eigenvalue weighted by atomic mass is 16.7. The third kappa shape index (κ3) is 11.4. The molecule has 0 aliphatic carbocycles. The minimum atomic E-state index is -2.79. The number of allylic oxidation sites excluding steroid dienone is 3. The van der Waals surface area contributed by atoms with Crippen LogP contribution in [0.25, 0.3) is 0 Å². The van der Waals surface area contributed by atoms with E-state index < -0.39 is 126 Å². The van der Waals surface area contributed by atoms with Gasteiger partial charge >= 0.3 is 5.97 Å². The molecule has 13 atom stereocenters. The summed E-state index contributed by atoms with van der Waals surface area (Å²) in [5, 5.41) is 53.0. The van der Waals surface area contributed by atoms with Gasteiger partial charge in [0.2, 0.25) is 23.5 Å². The second-order valence-corrected chi connectivity index (χ2v) is 19.4. The van der Waals surface area contributed by atoms with Gasteiger partial charge in [-0.25, -0.2) is 15.3 Å². The molecule has 0 aromatic rings. The van der Waals surface area contributed by atoms with E-state index in [1.165, 1.54) is 39.6 Å². The van der Waals surface area contributed by atoms with Gasteiger partial charge in [-0.3, -0.25) is 43.8 Å². The lowest BCUT2D eigenvalue weighted by atomic mass is 9.78. The van der Waals surface area contributed by atoms with Gasteiger partial charge in [-0.2, -0.15) is 0 Å². The van der Waals surface area contributed by atoms with Crippen LogP contribution in [0.4, 0.5) is 0 Å². The Balaban J connectivity index is 1.84. The first-order valence-corrected chi connectivity index (χ1v) is 23.8. The molecule has 382 valence electrons. The molecule has 7 N–H and O–H groups in total. The number of esters is 1.